The minimum Gasteiger partial charge on any atom is -0.462 e. The van der Waals surface area contributed by atoms with Crippen LogP contribution in [0.2, 0.25) is 0 Å². The Kier molecular flexibility index (Phi) is 7.37. The zero-order valence-electron chi connectivity index (χ0n) is 8.47. The standard InChI is InChI=1S/C7H14O2.C2H6/c1-6(2)7(3,4)9-5-8;1-2/h5-6H,1-4H3;1-2H3. The zero-order valence-corrected chi connectivity index (χ0v) is 8.47. The van der Waals surface area contributed by atoms with Crippen LogP contribution >= 0.6 is 0 Å². The molecular weight excluding hydrogens is 140 g/mol. The molecule has 0 fully saturated rings. The minimum atomic E-state index is -0.318. The summed E-state index contributed by atoms with van der Waals surface area (Å²) in [7, 11) is 0. The number of rotatable bonds is 3. The summed E-state index contributed by atoms with van der Waals surface area (Å²) in [5.74, 6) is 0.364. The highest BCUT2D eigenvalue weighted by molar-refractivity contribution is 5.38. The normalized spacial score (nSPS) is 10.1. The number of carbonyl (C=O) groups excluding carboxylic acids is 1. The van der Waals surface area contributed by atoms with Crippen LogP contribution in [-0.2, 0) is 9.53 Å². The highest BCUT2D eigenvalue weighted by atomic mass is 16.5. The van der Waals surface area contributed by atoms with Crippen LogP contribution in [0.15, 0.2) is 0 Å². The molecule has 0 aliphatic rings. The third kappa shape index (κ3) is 5.89. The maximum Gasteiger partial charge on any atom is 0.293 e. The quantitative estimate of drug-likeness (QED) is 0.593. The summed E-state index contributed by atoms with van der Waals surface area (Å²) in [6, 6.07) is 0. The topological polar surface area (TPSA) is 26.3 Å². The predicted octanol–water partition coefficient (Wildman–Crippen LogP) is 2.62. The summed E-state index contributed by atoms with van der Waals surface area (Å²) < 4.78 is 4.81. The maximum absolute atomic E-state index is 9.90. The van der Waals surface area contributed by atoms with Crippen LogP contribution in [0.1, 0.15) is 41.5 Å². The van der Waals surface area contributed by atoms with Gasteiger partial charge in [-0.3, -0.25) is 4.79 Å². The molecule has 0 aliphatic carbocycles. The second-order valence-electron chi connectivity index (χ2n) is 2.97. The second kappa shape index (κ2) is 6.20. The van der Waals surface area contributed by atoms with E-state index in [2.05, 4.69) is 0 Å². The SMILES string of the molecule is CC.CC(C)C(C)(C)OC=O. The van der Waals surface area contributed by atoms with E-state index in [-0.39, 0.29) is 5.60 Å². The Morgan fingerprint density at radius 1 is 1.27 bits per heavy atom. The molecule has 0 aromatic heterocycles. The van der Waals surface area contributed by atoms with E-state index in [1.807, 2.05) is 41.5 Å². The van der Waals surface area contributed by atoms with Crippen molar-refractivity contribution in [3.63, 3.8) is 0 Å². The first-order chi connectivity index (χ1) is 5.00. The molecule has 0 amide bonds. The Balaban J connectivity index is 0. The van der Waals surface area contributed by atoms with Crippen LogP contribution in [0.5, 0.6) is 0 Å². The van der Waals surface area contributed by atoms with Gasteiger partial charge in [-0.25, -0.2) is 0 Å². The Morgan fingerprint density at radius 3 is 1.73 bits per heavy atom. The van der Waals surface area contributed by atoms with Gasteiger partial charge in [-0.1, -0.05) is 27.7 Å². The van der Waals surface area contributed by atoms with E-state index in [0.717, 1.165) is 0 Å². The molecule has 0 aromatic carbocycles. The molecule has 2 heteroatoms. The average Bonchev–Trinajstić information content (AvgIpc) is 1.92. The first kappa shape index (κ1) is 13.1. The molecule has 0 N–H and O–H groups in total. The molecule has 68 valence electrons. The number of hydrogen-bond acceptors (Lipinski definition) is 2. The van der Waals surface area contributed by atoms with Crippen molar-refractivity contribution in [2.75, 3.05) is 0 Å². The number of carbonyl (C=O) groups is 1. The smallest absolute Gasteiger partial charge is 0.293 e. The van der Waals surface area contributed by atoms with Gasteiger partial charge in [-0.15, -0.1) is 0 Å². The van der Waals surface area contributed by atoms with Crippen molar-refractivity contribution in [2.45, 2.75) is 47.1 Å². The molecule has 0 radical (unpaired) electrons. The maximum atomic E-state index is 9.90. The van der Waals surface area contributed by atoms with Crippen molar-refractivity contribution >= 4 is 6.47 Å². The highest BCUT2D eigenvalue weighted by Gasteiger charge is 2.22. The van der Waals surface area contributed by atoms with Gasteiger partial charge in [-0.2, -0.15) is 0 Å². The first-order valence-corrected chi connectivity index (χ1v) is 4.12. The molecule has 0 saturated heterocycles. The summed E-state index contributed by atoms with van der Waals surface area (Å²) in [6.07, 6.45) is 0. The molecule has 0 heterocycles. The lowest BCUT2D eigenvalue weighted by Gasteiger charge is -2.26. The lowest BCUT2D eigenvalue weighted by molar-refractivity contribution is -0.144. The first-order valence-electron chi connectivity index (χ1n) is 4.12. The summed E-state index contributed by atoms with van der Waals surface area (Å²) in [5, 5.41) is 0. The molecule has 0 atom stereocenters. The van der Waals surface area contributed by atoms with E-state index in [4.69, 9.17) is 4.74 Å². The van der Waals surface area contributed by atoms with E-state index in [1.54, 1.807) is 0 Å². The second-order valence-corrected chi connectivity index (χ2v) is 2.97. The molecule has 11 heavy (non-hydrogen) atoms. The lowest BCUT2D eigenvalue weighted by atomic mass is 9.95. The average molecular weight is 160 g/mol. The van der Waals surface area contributed by atoms with Crippen LogP contribution in [0.25, 0.3) is 0 Å². The summed E-state index contributed by atoms with van der Waals surface area (Å²) in [6.45, 7) is 12.3. The van der Waals surface area contributed by atoms with Crippen LogP contribution < -0.4 is 0 Å². The van der Waals surface area contributed by atoms with E-state index >= 15 is 0 Å². The highest BCUT2D eigenvalue weighted by Crippen LogP contribution is 2.18. The molecule has 0 bridgehead atoms. The van der Waals surface area contributed by atoms with Crippen LogP contribution in [-0.4, -0.2) is 12.1 Å². The van der Waals surface area contributed by atoms with Crippen molar-refractivity contribution < 1.29 is 9.53 Å². The molecule has 0 rings (SSSR count). The van der Waals surface area contributed by atoms with E-state index in [0.29, 0.717) is 12.4 Å². The Bertz CT molecular complexity index is 95.7. The fourth-order valence-electron chi connectivity index (χ4n) is 0.260. The Hall–Kier alpha value is -0.530. The molecule has 2 nitrogen and oxygen atoms in total. The van der Waals surface area contributed by atoms with Gasteiger partial charge < -0.3 is 4.74 Å². The third-order valence-corrected chi connectivity index (χ3v) is 1.74. The summed E-state index contributed by atoms with van der Waals surface area (Å²) in [4.78, 5) is 9.90. The summed E-state index contributed by atoms with van der Waals surface area (Å²) in [5.41, 5.74) is -0.318. The third-order valence-electron chi connectivity index (χ3n) is 1.74. The molecule has 0 saturated carbocycles. The number of ether oxygens (including phenoxy) is 1. The summed E-state index contributed by atoms with van der Waals surface area (Å²) >= 11 is 0. The van der Waals surface area contributed by atoms with E-state index in [9.17, 15) is 4.79 Å². The fraction of sp³-hybridized carbons (Fsp3) is 0.889. The van der Waals surface area contributed by atoms with E-state index in [1.165, 1.54) is 0 Å². The van der Waals surface area contributed by atoms with Crippen molar-refractivity contribution in [1.82, 2.24) is 0 Å². The van der Waals surface area contributed by atoms with Gasteiger partial charge in [-0.05, 0) is 19.8 Å². The molecule has 0 unspecified atom stereocenters. The monoisotopic (exact) mass is 160 g/mol. The van der Waals surface area contributed by atoms with Gasteiger partial charge in [0.25, 0.3) is 6.47 Å². The lowest BCUT2D eigenvalue weighted by Crippen LogP contribution is -2.30. The van der Waals surface area contributed by atoms with Gasteiger partial charge in [0, 0.05) is 0 Å². The Morgan fingerprint density at radius 2 is 1.64 bits per heavy atom. The van der Waals surface area contributed by atoms with Crippen molar-refractivity contribution in [1.29, 1.82) is 0 Å². The zero-order chi connectivity index (χ0) is 9.49. The molecule has 0 spiro atoms. The Labute approximate surface area is 69.9 Å². The van der Waals surface area contributed by atoms with Crippen LogP contribution in [0, 0.1) is 5.92 Å². The van der Waals surface area contributed by atoms with Gasteiger partial charge in [0.1, 0.15) is 5.60 Å². The van der Waals surface area contributed by atoms with Crippen molar-refractivity contribution in [3.05, 3.63) is 0 Å². The van der Waals surface area contributed by atoms with Gasteiger partial charge >= 0.3 is 0 Å². The van der Waals surface area contributed by atoms with Gasteiger partial charge in [0.15, 0.2) is 0 Å². The molecule has 0 aliphatic heterocycles. The minimum absolute atomic E-state index is 0.318. The van der Waals surface area contributed by atoms with Crippen LogP contribution in [0.4, 0.5) is 0 Å². The molecular formula is C9H20O2. The molecule has 0 aromatic rings. The van der Waals surface area contributed by atoms with Crippen molar-refractivity contribution in [3.8, 4) is 0 Å². The number of hydrogen-bond donors (Lipinski definition) is 0. The fourth-order valence-corrected chi connectivity index (χ4v) is 0.260. The van der Waals surface area contributed by atoms with Crippen molar-refractivity contribution in [2.24, 2.45) is 5.92 Å². The van der Waals surface area contributed by atoms with E-state index < -0.39 is 0 Å². The largest absolute Gasteiger partial charge is 0.462 e. The van der Waals surface area contributed by atoms with Crippen LogP contribution in [0.3, 0.4) is 0 Å². The van der Waals surface area contributed by atoms with Gasteiger partial charge in [0.2, 0.25) is 0 Å². The predicted molar refractivity (Wildman–Crippen MR) is 47.4 cm³/mol. The van der Waals surface area contributed by atoms with Gasteiger partial charge in [0.05, 0.1) is 0 Å².